The number of nitrogens with zero attached hydrogens (tertiary/aromatic N) is 1. The third-order valence-electron chi connectivity index (χ3n) is 5.34. The van der Waals surface area contributed by atoms with Gasteiger partial charge in [0.2, 0.25) is 5.91 Å². The highest BCUT2D eigenvalue weighted by Gasteiger charge is 2.16. The second kappa shape index (κ2) is 18.2. The monoisotopic (exact) mass is 354 g/mol. The van der Waals surface area contributed by atoms with Crippen molar-refractivity contribution in [3.05, 3.63) is 0 Å². The molecule has 0 rings (SSSR count). The zero-order valence-corrected chi connectivity index (χ0v) is 17.5. The minimum atomic E-state index is 0.0837. The fourth-order valence-corrected chi connectivity index (χ4v) is 3.64. The van der Waals surface area contributed by atoms with Crippen molar-refractivity contribution < 1.29 is 4.79 Å². The number of likely N-dealkylation sites (N-methyl/N-ethyl adjacent to an activating group) is 1. The normalized spacial score (nSPS) is 12.3. The van der Waals surface area contributed by atoms with E-state index >= 15 is 0 Å². The fourth-order valence-electron chi connectivity index (χ4n) is 3.64. The van der Waals surface area contributed by atoms with Crippen LogP contribution in [-0.4, -0.2) is 29.9 Å². The summed E-state index contributed by atoms with van der Waals surface area (Å²) in [7, 11) is 0. The number of carbonyl (C=O) groups excluding carboxylic acids is 1. The first kappa shape index (κ1) is 24.4. The Balaban J connectivity index is 3.34. The van der Waals surface area contributed by atoms with E-state index < -0.39 is 0 Å². The van der Waals surface area contributed by atoms with Crippen LogP contribution >= 0.6 is 0 Å². The number of nitrogens with two attached hydrogens (primary N) is 1. The van der Waals surface area contributed by atoms with Gasteiger partial charge in [0, 0.05) is 12.6 Å². The van der Waals surface area contributed by atoms with Crippen LogP contribution in [0.1, 0.15) is 117 Å². The van der Waals surface area contributed by atoms with Crippen LogP contribution in [0.15, 0.2) is 0 Å². The lowest BCUT2D eigenvalue weighted by Crippen LogP contribution is -2.41. The molecule has 1 unspecified atom stereocenters. The first-order valence-corrected chi connectivity index (χ1v) is 11.2. The SMILES string of the molecule is CCCCCCCCCCCCCCCCC(C)N(CC)C(=O)CN. The van der Waals surface area contributed by atoms with Crippen LogP contribution in [0.3, 0.4) is 0 Å². The van der Waals surface area contributed by atoms with Crippen molar-refractivity contribution in [3.8, 4) is 0 Å². The predicted octanol–water partition coefficient (Wildman–Crippen LogP) is 6.05. The molecule has 3 heteroatoms. The molecule has 0 aliphatic carbocycles. The first-order valence-electron chi connectivity index (χ1n) is 11.2. The van der Waals surface area contributed by atoms with Gasteiger partial charge in [-0.3, -0.25) is 4.79 Å². The van der Waals surface area contributed by atoms with Crippen LogP contribution < -0.4 is 5.73 Å². The van der Waals surface area contributed by atoms with Crippen LogP contribution in [0.5, 0.6) is 0 Å². The van der Waals surface area contributed by atoms with Gasteiger partial charge in [-0.15, -0.1) is 0 Å². The smallest absolute Gasteiger partial charge is 0.236 e. The molecule has 2 N–H and O–H groups in total. The summed E-state index contributed by atoms with van der Waals surface area (Å²) in [5, 5.41) is 0. The van der Waals surface area contributed by atoms with Gasteiger partial charge in [-0.25, -0.2) is 0 Å². The Labute approximate surface area is 158 Å². The molecule has 25 heavy (non-hydrogen) atoms. The third-order valence-corrected chi connectivity index (χ3v) is 5.34. The second-order valence-corrected chi connectivity index (χ2v) is 7.62. The number of carbonyl (C=O) groups is 1. The van der Waals surface area contributed by atoms with Crippen LogP contribution in [-0.2, 0) is 4.79 Å². The highest BCUT2D eigenvalue weighted by Crippen LogP contribution is 2.15. The summed E-state index contributed by atoms with van der Waals surface area (Å²) in [6.07, 6.45) is 20.6. The number of rotatable bonds is 18. The lowest BCUT2D eigenvalue weighted by Gasteiger charge is -2.27. The molecule has 0 aromatic carbocycles. The second-order valence-electron chi connectivity index (χ2n) is 7.62. The molecule has 3 nitrogen and oxygen atoms in total. The lowest BCUT2D eigenvalue weighted by atomic mass is 10.0. The molecule has 0 saturated carbocycles. The summed E-state index contributed by atoms with van der Waals surface area (Å²) in [5.74, 6) is 0.0837. The highest BCUT2D eigenvalue weighted by molar-refractivity contribution is 5.78. The van der Waals surface area contributed by atoms with E-state index in [1.54, 1.807) is 0 Å². The molecule has 150 valence electrons. The van der Waals surface area contributed by atoms with Gasteiger partial charge < -0.3 is 10.6 Å². The molecule has 0 spiro atoms. The molecule has 0 heterocycles. The minimum absolute atomic E-state index is 0.0837. The molecule has 1 atom stereocenters. The number of hydrogen-bond donors (Lipinski definition) is 1. The molecule has 0 fully saturated rings. The van der Waals surface area contributed by atoms with Crippen molar-refractivity contribution in [2.24, 2.45) is 5.73 Å². The van der Waals surface area contributed by atoms with E-state index in [0.29, 0.717) is 6.04 Å². The van der Waals surface area contributed by atoms with E-state index in [0.717, 1.165) is 13.0 Å². The van der Waals surface area contributed by atoms with Crippen LogP contribution in [0.2, 0.25) is 0 Å². The first-order chi connectivity index (χ1) is 12.2. The summed E-state index contributed by atoms with van der Waals surface area (Å²) in [6, 6.07) is 0.332. The topological polar surface area (TPSA) is 46.3 Å². The average molecular weight is 355 g/mol. The van der Waals surface area contributed by atoms with E-state index in [2.05, 4.69) is 13.8 Å². The standard InChI is InChI=1S/C22H46N2O/c1-4-6-7-8-9-10-11-12-13-14-15-16-17-18-19-21(3)24(5-2)22(25)20-23/h21H,4-20,23H2,1-3H3. The zero-order chi connectivity index (χ0) is 18.8. The highest BCUT2D eigenvalue weighted by atomic mass is 16.2. The Kier molecular flexibility index (Phi) is 17.8. The van der Waals surface area contributed by atoms with E-state index in [1.807, 2.05) is 11.8 Å². The van der Waals surface area contributed by atoms with Crippen molar-refractivity contribution in [3.63, 3.8) is 0 Å². The maximum Gasteiger partial charge on any atom is 0.236 e. The Morgan fingerprint density at radius 2 is 1.16 bits per heavy atom. The molecule has 0 aromatic heterocycles. The molecule has 0 aliphatic rings. The largest absolute Gasteiger partial charge is 0.339 e. The van der Waals surface area contributed by atoms with Gasteiger partial charge in [-0.1, -0.05) is 96.8 Å². The van der Waals surface area contributed by atoms with Gasteiger partial charge in [0.1, 0.15) is 0 Å². The Morgan fingerprint density at radius 1 is 0.760 bits per heavy atom. The summed E-state index contributed by atoms with van der Waals surface area (Å²) in [6.45, 7) is 7.38. The predicted molar refractivity (Wildman–Crippen MR) is 111 cm³/mol. The Bertz CT molecular complexity index is 294. The summed E-state index contributed by atoms with van der Waals surface area (Å²) < 4.78 is 0. The summed E-state index contributed by atoms with van der Waals surface area (Å²) in [5.41, 5.74) is 5.48. The zero-order valence-electron chi connectivity index (χ0n) is 17.5. The van der Waals surface area contributed by atoms with Gasteiger partial charge in [0.05, 0.1) is 6.54 Å². The van der Waals surface area contributed by atoms with Gasteiger partial charge in [0.15, 0.2) is 0 Å². The number of amides is 1. The maximum absolute atomic E-state index is 11.7. The van der Waals surface area contributed by atoms with E-state index in [1.165, 1.54) is 89.9 Å². The molecule has 0 aliphatic heterocycles. The van der Waals surface area contributed by atoms with Crippen molar-refractivity contribution in [2.45, 2.75) is 123 Å². The van der Waals surface area contributed by atoms with E-state index in [4.69, 9.17) is 5.73 Å². The average Bonchev–Trinajstić information content (AvgIpc) is 2.62. The number of unbranched alkanes of at least 4 members (excludes halogenated alkanes) is 13. The van der Waals surface area contributed by atoms with Gasteiger partial charge in [0.25, 0.3) is 0 Å². The Morgan fingerprint density at radius 3 is 1.52 bits per heavy atom. The van der Waals surface area contributed by atoms with Crippen molar-refractivity contribution in [2.75, 3.05) is 13.1 Å². The quantitative estimate of drug-likeness (QED) is 0.304. The molecule has 0 aromatic rings. The van der Waals surface area contributed by atoms with Crippen molar-refractivity contribution in [1.29, 1.82) is 0 Å². The molecule has 0 bridgehead atoms. The molecule has 1 amide bonds. The third kappa shape index (κ3) is 14.3. The van der Waals surface area contributed by atoms with Crippen LogP contribution in [0, 0.1) is 0 Å². The molecular formula is C22H46N2O. The lowest BCUT2D eigenvalue weighted by molar-refractivity contribution is -0.131. The van der Waals surface area contributed by atoms with Crippen LogP contribution in [0.4, 0.5) is 0 Å². The summed E-state index contributed by atoms with van der Waals surface area (Å²) >= 11 is 0. The van der Waals surface area contributed by atoms with Crippen LogP contribution in [0.25, 0.3) is 0 Å². The molecule has 0 radical (unpaired) electrons. The fraction of sp³-hybridized carbons (Fsp3) is 0.955. The summed E-state index contributed by atoms with van der Waals surface area (Å²) in [4.78, 5) is 13.7. The van der Waals surface area contributed by atoms with E-state index in [-0.39, 0.29) is 12.5 Å². The van der Waals surface area contributed by atoms with Crippen molar-refractivity contribution in [1.82, 2.24) is 4.90 Å². The minimum Gasteiger partial charge on any atom is -0.339 e. The van der Waals surface area contributed by atoms with Gasteiger partial charge in [-0.2, -0.15) is 0 Å². The van der Waals surface area contributed by atoms with E-state index in [9.17, 15) is 4.79 Å². The van der Waals surface area contributed by atoms with Gasteiger partial charge in [-0.05, 0) is 20.3 Å². The maximum atomic E-state index is 11.7. The number of hydrogen-bond acceptors (Lipinski definition) is 2. The van der Waals surface area contributed by atoms with Crippen molar-refractivity contribution >= 4 is 5.91 Å². The molecular weight excluding hydrogens is 308 g/mol. The van der Waals surface area contributed by atoms with Gasteiger partial charge >= 0.3 is 0 Å². The Hall–Kier alpha value is -0.570. The molecule has 0 saturated heterocycles.